The molecule has 2 heteroatoms. The first-order valence-corrected chi connectivity index (χ1v) is 2.58. The number of nitrogens with two attached hydrogens (primary N) is 1. The van der Waals surface area contributed by atoms with Gasteiger partial charge in [0.1, 0.15) is 0 Å². The minimum absolute atomic E-state index is 0. The summed E-state index contributed by atoms with van der Waals surface area (Å²) in [6.07, 6.45) is 0. The molecule has 9 heavy (non-hydrogen) atoms. The molecule has 1 aromatic rings. The summed E-state index contributed by atoms with van der Waals surface area (Å²) in [4.78, 5) is 0. The maximum absolute atomic E-state index is 5.33. The summed E-state index contributed by atoms with van der Waals surface area (Å²) in [6.45, 7) is 0.608. The molecule has 42 valence electrons. The first-order valence-electron chi connectivity index (χ1n) is 2.58. The van der Waals surface area contributed by atoms with Crippen LogP contribution in [0.1, 0.15) is 5.56 Å². The van der Waals surface area contributed by atoms with Crippen molar-refractivity contribution in [1.29, 1.82) is 0 Å². The first-order chi connectivity index (χ1) is 3.93. The van der Waals surface area contributed by atoms with Crippen molar-refractivity contribution in [3.05, 3.63) is 35.9 Å². The number of hydrogen-bond acceptors (Lipinski definition) is 1. The van der Waals surface area contributed by atoms with Gasteiger partial charge in [0.05, 0.1) is 0 Å². The molecule has 0 unspecified atom stereocenters. The molecule has 0 saturated carbocycles. The summed E-state index contributed by atoms with van der Waals surface area (Å²) in [5.41, 5.74) is 6.46. The normalized spacial score (nSPS) is 8.11. The van der Waals surface area contributed by atoms with E-state index in [1.54, 1.807) is 0 Å². The predicted molar refractivity (Wildman–Crippen MR) is 33.2 cm³/mol. The summed E-state index contributed by atoms with van der Waals surface area (Å²) in [5.74, 6) is 0. The molecular weight excluding hydrogens is 121 g/mol. The minimum Gasteiger partial charge on any atom is -0.337 e. The Morgan fingerprint density at radius 3 is 2.67 bits per heavy atom. The van der Waals surface area contributed by atoms with Crippen molar-refractivity contribution < 1.29 is 29.6 Å². The molecule has 0 heterocycles. The van der Waals surface area contributed by atoms with E-state index in [2.05, 4.69) is 6.07 Å². The van der Waals surface area contributed by atoms with Crippen LogP contribution in [0, 0.1) is 6.07 Å². The van der Waals surface area contributed by atoms with Gasteiger partial charge in [0.25, 0.3) is 0 Å². The van der Waals surface area contributed by atoms with Crippen LogP contribution in [0.15, 0.2) is 24.3 Å². The van der Waals surface area contributed by atoms with Gasteiger partial charge in [0.15, 0.2) is 0 Å². The molecule has 0 radical (unpaired) electrons. The van der Waals surface area contributed by atoms with Crippen molar-refractivity contribution >= 4 is 0 Å². The fourth-order valence-electron chi connectivity index (χ4n) is 0.557. The molecule has 0 aliphatic rings. The van der Waals surface area contributed by atoms with E-state index in [0.717, 1.165) is 5.56 Å². The van der Waals surface area contributed by atoms with Crippen molar-refractivity contribution in [3.63, 3.8) is 0 Å². The monoisotopic (exact) mass is 129 g/mol. The molecule has 0 saturated heterocycles. The number of benzene rings is 1. The van der Waals surface area contributed by atoms with Crippen molar-refractivity contribution in [1.82, 2.24) is 0 Å². The topological polar surface area (TPSA) is 26.0 Å². The average Bonchev–Trinajstić information content (AvgIpc) is 1.90. The van der Waals surface area contributed by atoms with E-state index in [4.69, 9.17) is 5.73 Å². The summed E-state index contributed by atoms with van der Waals surface area (Å²) in [6, 6.07) is 10.6. The summed E-state index contributed by atoms with van der Waals surface area (Å²) < 4.78 is 0. The van der Waals surface area contributed by atoms with Crippen LogP contribution in [0.25, 0.3) is 0 Å². The summed E-state index contributed by atoms with van der Waals surface area (Å²) in [5, 5.41) is 0. The van der Waals surface area contributed by atoms with Gasteiger partial charge in [0.2, 0.25) is 0 Å². The van der Waals surface area contributed by atoms with Crippen LogP contribution >= 0.6 is 0 Å². The Hall–Kier alpha value is 0.180. The van der Waals surface area contributed by atoms with Gasteiger partial charge < -0.3 is 5.73 Å². The zero-order valence-corrected chi connectivity index (χ0v) is 7.59. The van der Waals surface area contributed by atoms with Gasteiger partial charge in [-0.1, -0.05) is 0 Å². The Morgan fingerprint density at radius 1 is 1.56 bits per heavy atom. The summed E-state index contributed by atoms with van der Waals surface area (Å²) in [7, 11) is 0. The van der Waals surface area contributed by atoms with Gasteiger partial charge in [-0.25, -0.2) is 0 Å². The SMILES string of the molecule is NCc1c[c-]ccc1.[Na+]. The van der Waals surface area contributed by atoms with Crippen molar-refractivity contribution in [2.75, 3.05) is 0 Å². The smallest absolute Gasteiger partial charge is 0.337 e. The maximum Gasteiger partial charge on any atom is 1.00 e. The van der Waals surface area contributed by atoms with E-state index in [1.807, 2.05) is 24.3 Å². The third kappa shape index (κ3) is 3.01. The molecule has 1 rings (SSSR count). The van der Waals surface area contributed by atoms with Crippen LogP contribution in [-0.2, 0) is 6.54 Å². The van der Waals surface area contributed by atoms with Gasteiger partial charge in [-0.15, -0.1) is 5.56 Å². The van der Waals surface area contributed by atoms with Crippen LogP contribution in [0.5, 0.6) is 0 Å². The molecule has 0 amide bonds. The Balaban J connectivity index is 0.000000640. The van der Waals surface area contributed by atoms with Gasteiger partial charge in [-0.3, -0.25) is 0 Å². The van der Waals surface area contributed by atoms with Crippen molar-refractivity contribution in [3.8, 4) is 0 Å². The largest absolute Gasteiger partial charge is 1.00 e. The first kappa shape index (κ1) is 9.18. The third-order valence-corrected chi connectivity index (χ3v) is 1.01. The Kier molecular flexibility index (Phi) is 5.10. The minimum atomic E-state index is 0. The second-order valence-corrected chi connectivity index (χ2v) is 1.62. The maximum atomic E-state index is 5.33. The van der Waals surface area contributed by atoms with Crippen molar-refractivity contribution in [2.45, 2.75) is 6.54 Å². The van der Waals surface area contributed by atoms with Crippen LogP contribution in [-0.4, -0.2) is 0 Å². The fourth-order valence-corrected chi connectivity index (χ4v) is 0.557. The Bertz CT molecular complexity index is 150. The van der Waals surface area contributed by atoms with Crippen molar-refractivity contribution in [2.24, 2.45) is 5.73 Å². The molecule has 0 atom stereocenters. The fraction of sp³-hybridized carbons (Fsp3) is 0.143. The molecule has 0 aliphatic heterocycles. The van der Waals surface area contributed by atoms with E-state index in [0.29, 0.717) is 6.54 Å². The number of hydrogen-bond donors (Lipinski definition) is 1. The zero-order chi connectivity index (χ0) is 5.82. The van der Waals surface area contributed by atoms with Crippen LogP contribution in [0.2, 0.25) is 0 Å². The van der Waals surface area contributed by atoms with E-state index in [9.17, 15) is 0 Å². The standard InChI is InChI=1S/C7H8N.Na/c8-6-7-4-2-1-3-5-7;/h1-2,4-5H,6,8H2;/q-1;+1. The zero-order valence-electron chi connectivity index (χ0n) is 5.59. The molecule has 0 spiro atoms. The second kappa shape index (κ2) is 5.00. The van der Waals surface area contributed by atoms with Gasteiger partial charge in [-0.05, 0) is 6.54 Å². The number of rotatable bonds is 1. The quantitative estimate of drug-likeness (QED) is 0.343. The Morgan fingerprint density at radius 2 is 2.33 bits per heavy atom. The van der Waals surface area contributed by atoms with E-state index in [-0.39, 0.29) is 29.6 Å². The predicted octanol–water partition coefficient (Wildman–Crippen LogP) is -2.05. The van der Waals surface area contributed by atoms with Gasteiger partial charge >= 0.3 is 29.6 Å². The third-order valence-electron chi connectivity index (χ3n) is 1.01. The van der Waals surface area contributed by atoms with Gasteiger partial charge in [0, 0.05) is 0 Å². The Labute approximate surface area is 77.5 Å². The van der Waals surface area contributed by atoms with Crippen LogP contribution in [0.3, 0.4) is 0 Å². The molecule has 2 N–H and O–H groups in total. The van der Waals surface area contributed by atoms with E-state index < -0.39 is 0 Å². The average molecular weight is 129 g/mol. The molecule has 1 nitrogen and oxygen atoms in total. The molecule has 0 bridgehead atoms. The van der Waals surface area contributed by atoms with Crippen LogP contribution < -0.4 is 35.3 Å². The molecular formula is C7H8NNa. The molecule has 0 aromatic heterocycles. The van der Waals surface area contributed by atoms with E-state index in [1.165, 1.54) is 0 Å². The molecule has 1 aromatic carbocycles. The molecule has 0 fully saturated rings. The van der Waals surface area contributed by atoms with Crippen LogP contribution in [0.4, 0.5) is 0 Å². The second-order valence-electron chi connectivity index (χ2n) is 1.62. The molecule has 0 aliphatic carbocycles. The van der Waals surface area contributed by atoms with E-state index >= 15 is 0 Å². The van der Waals surface area contributed by atoms with Gasteiger partial charge in [-0.2, -0.15) is 30.3 Å². The summed E-state index contributed by atoms with van der Waals surface area (Å²) >= 11 is 0.